The zero-order valence-corrected chi connectivity index (χ0v) is 13.0. The van der Waals surface area contributed by atoms with Crippen molar-refractivity contribution in [1.82, 2.24) is 20.0 Å². The summed E-state index contributed by atoms with van der Waals surface area (Å²) >= 11 is 6.40. The molecule has 4 nitrogen and oxygen atoms in total. The first kappa shape index (κ1) is 14.8. The van der Waals surface area contributed by atoms with Gasteiger partial charge in [-0.05, 0) is 40.4 Å². The zero-order chi connectivity index (χ0) is 13.9. The molecule has 108 valence electrons. The molecule has 1 unspecified atom stereocenters. The molecule has 2 rings (SSSR count). The molecule has 0 spiro atoms. The Balaban J connectivity index is 2.23. The zero-order valence-electron chi connectivity index (χ0n) is 12.2. The van der Waals surface area contributed by atoms with Gasteiger partial charge in [0.2, 0.25) is 0 Å². The molecule has 0 saturated carbocycles. The molecular formula is C14H25ClN4. The van der Waals surface area contributed by atoms with Crippen LogP contribution in [0.15, 0.2) is 6.20 Å². The lowest BCUT2D eigenvalue weighted by Crippen LogP contribution is -2.41. The monoisotopic (exact) mass is 284 g/mol. The normalized spacial score (nSPS) is 24.7. The number of nitrogens with zero attached hydrogens (tertiary/aromatic N) is 3. The van der Waals surface area contributed by atoms with E-state index in [0.717, 1.165) is 36.8 Å². The minimum atomic E-state index is -0.0452. The summed E-state index contributed by atoms with van der Waals surface area (Å²) in [6.45, 7) is 5.17. The van der Waals surface area contributed by atoms with Crippen molar-refractivity contribution in [3.8, 4) is 0 Å². The lowest BCUT2D eigenvalue weighted by Gasteiger charge is -2.31. The third-order valence-electron chi connectivity index (χ3n) is 3.95. The van der Waals surface area contributed by atoms with E-state index < -0.39 is 0 Å². The van der Waals surface area contributed by atoms with Crippen LogP contribution < -0.4 is 5.32 Å². The Hall–Kier alpha value is -0.580. The predicted octanol–water partition coefficient (Wildman–Crippen LogP) is 2.48. The summed E-state index contributed by atoms with van der Waals surface area (Å²) in [6, 6.07) is 0. The molecule has 1 N–H and O–H groups in total. The van der Waals surface area contributed by atoms with Crippen molar-refractivity contribution in [1.29, 1.82) is 0 Å². The number of hydrogen-bond donors (Lipinski definition) is 1. The number of hydrogen-bond acceptors (Lipinski definition) is 3. The highest BCUT2D eigenvalue weighted by Crippen LogP contribution is 2.33. The van der Waals surface area contributed by atoms with Crippen LogP contribution in [0.1, 0.15) is 38.3 Å². The average Bonchev–Trinajstić information content (AvgIpc) is 2.58. The molecule has 1 aromatic rings. The molecular weight excluding hydrogens is 260 g/mol. The maximum atomic E-state index is 6.40. The van der Waals surface area contributed by atoms with Crippen LogP contribution in [0.25, 0.3) is 0 Å². The van der Waals surface area contributed by atoms with E-state index >= 15 is 0 Å². The summed E-state index contributed by atoms with van der Waals surface area (Å²) in [7, 11) is 4.16. The van der Waals surface area contributed by atoms with E-state index in [4.69, 9.17) is 11.6 Å². The predicted molar refractivity (Wildman–Crippen MR) is 79.6 cm³/mol. The Bertz CT molecular complexity index is 406. The molecule has 0 aliphatic carbocycles. The van der Waals surface area contributed by atoms with Crippen molar-refractivity contribution in [3.05, 3.63) is 16.9 Å². The summed E-state index contributed by atoms with van der Waals surface area (Å²) < 4.78 is 2.07. The van der Waals surface area contributed by atoms with Crippen LogP contribution in [0.5, 0.6) is 0 Å². The SMILES string of the molecule is CN(C)CCn1ncc(Cl)c1C1(C)CCCCCN1. The molecule has 1 aliphatic heterocycles. The Morgan fingerprint density at radius 1 is 1.42 bits per heavy atom. The number of halogens is 1. The van der Waals surface area contributed by atoms with Gasteiger partial charge in [0.05, 0.1) is 29.0 Å². The van der Waals surface area contributed by atoms with Gasteiger partial charge in [-0.25, -0.2) is 0 Å². The van der Waals surface area contributed by atoms with E-state index in [-0.39, 0.29) is 5.54 Å². The molecule has 0 amide bonds. The average molecular weight is 285 g/mol. The smallest absolute Gasteiger partial charge is 0.0837 e. The van der Waals surface area contributed by atoms with Crippen molar-refractivity contribution < 1.29 is 0 Å². The van der Waals surface area contributed by atoms with E-state index in [9.17, 15) is 0 Å². The van der Waals surface area contributed by atoms with E-state index in [0.29, 0.717) is 0 Å². The van der Waals surface area contributed by atoms with Gasteiger partial charge in [0.1, 0.15) is 0 Å². The van der Waals surface area contributed by atoms with E-state index in [2.05, 4.69) is 41.0 Å². The number of nitrogens with one attached hydrogen (secondary N) is 1. The van der Waals surface area contributed by atoms with Crippen LogP contribution >= 0.6 is 11.6 Å². The maximum absolute atomic E-state index is 6.40. The van der Waals surface area contributed by atoms with Crippen molar-refractivity contribution in [2.24, 2.45) is 0 Å². The van der Waals surface area contributed by atoms with Gasteiger partial charge in [0.15, 0.2) is 0 Å². The van der Waals surface area contributed by atoms with Gasteiger partial charge >= 0.3 is 0 Å². The highest BCUT2D eigenvalue weighted by Gasteiger charge is 2.32. The van der Waals surface area contributed by atoms with Crippen LogP contribution in [0, 0.1) is 0 Å². The van der Waals surface area contributed by atoms with E-state index in [1.165, 1.54) is 19.3 Å². The van der Waals surface area contributed by atoms with Crippen LogP contribution in [0.3, 0.4) is 0 Å². The quantitative estimate of drug-likeness (QED) is 0.922. The van der Waals surface area contributed by atoms with Crippen LogP contribution in [-0.4, -0.2) is 41.9 Å². The van der Waals surface area contributed by atoms with Gasteiger partial charge in [0, 0.05) is 6.54 Å². The minimum Gasteiger partial charge on any atom is -0.308 e. The first-order chi connectivity index (χ1) is 9.03. The fourth-order valence-corrected chi connectivity index (χ4v) is 3.16. The highest BCUT2D eigenvalue weighted by atomic mass is 35.5. The summed E-state index contributed by atoms with van der Waals surface area (Å²) in [5.41, 5.74) is 1.11. The highest BCUT2D eigenvalue weighted by molar-refractivity contribution is 6.31. The molecule has 19 heavy (non-hydrogen) atoms. The Labute approximate surface area is 121 Å². The van der Waals surface area contributed by atoms with Gasteiger partial charge in [-0.1, -0.05) is 24.4 Å². The largest absolute Gasteiger partial charge is 0.308 e. The van der Waals surface area contributed by atoms with Crippen molar-refractivity contribution >= 4 is 11.6 Å². The first-order valence-electron chi connectivity index (χ1n) is 7.14. The van der Waals surface area contributed by atoms with E-state index in [1.807, 2.05) is 0 Å². The summed E-state index contributed by atoms with van der Waals surface area (Å²) in [6.07, 6.45) is 6.70. The number of likely N-dealkylation sites (N-methyl/N-ethyl adjacent to an activating group) is 1. The molecule has 5 heteroatoms. The molecule has 0 bridgehead atoms. The Morgan fingerprint density at radius 3 is 2.95 bits per heavy atom. The molecule has 1 fully saturated rings. The number of rotatable bonds is 4. The molecule has 1 aliphatic rings. The van der Waals surface area contributed by atoms with E-state index in [1.54, 1.807) is 6.20 Å². The van der Waals surface area contributed by atoms with Crippen molar-refractivity contribution in [2.75, 3.05) is 27.2 Å². The van der Waals surface area contributed by atoms with Crippen LogP contribution in [0.2, 0.25) is 5.02 Å². The summed E-state index contributed by atoms with van der Waals surface area (Å²) in [4.78, 5) is 2.17. The van der Waals surface area contributed by atoms with Gasteiger partial charge in [-0.15, -0.1) is 0 Å². The maximum Gasteiger partial charge on any atom is 0.0837 e. The lowest BCUT2D eigenvalue weighted by atomic mass is 9.92. The van der Waals surface area contributed by atoms with Crippen LogP contribution in [0.4, 0.5) is 0 Å². The molecule has 1 atom stereocenters. The fraction of sp³-hybridized carbons (Fsp3) is 0.786. The first-order valence-corrected chi connectivity index (χ1v) is 7.52. The van der Waals surface area contributed by atoms with Gasteiger partial charge in [0.25, 0.3) is 0 Å². The van der Waals surface area contributed by atoms with Crippen LogP contribution in [-0.2, 0) is 12.1 Å². The van der Waals surface area contributed by atoms with Gasteiger partial charge in [-0.2, -0.15) is 5.10 Å². The minimum absolute atomic E-state index is 0.0452. The third-order valence-corrected chi connectivity index (χ3v) is 4.22. The van der Waals surface area contributed by atoms with Gasteiger partial charge in [-0.3, -0.25) is 4.68 Å². The lowest BCUT2D eigenvalue weighted by molar-refractivity contribution is 0.311. The molecule has 0 aromatic carbocycles. The van der Waals surface area contributed by atoms with Crippen molar-refractivity contribution in [3.63, 3.8) is 0 Å². The molecule has 2 heterocycles. The second-order valence-electron chi connectivity index (χ2n) is 5.94. The molecule has 1 saturated heterocycles. The second kappa shape index (κ2) is 6.25. The standard InChI is InChI=1S/C14H25ClN4/c1-14(7-5-4-6-8-16-14)13-12(15)11-17-19(13)10-9-18(2)3/h11,16H,4-10H2,1-3H3. The van der Waals surface area contributed by atoms with Gasteiger partial charge < -0.3 is 10.2 Å². The Kier molecular flexibility index (Phi) is 4.87. The summed E-state index contributed by atoms with van der Waals surface area (Å²) in [5.74, 6) is 0. The molecule has 0 radical (unpaired) electrons. The fourth-order valence-electron chi connectivity index (χ4n) is 2.81. The Morgan fingerprint density at radius 2 is 2.21 bits per heavy atom. The molecule has 1 aromatic heterocycles. The second-order valence-corrected chi connectivity index (χ2v) is 6.34. The topological polar surface area (TPSA) is 33.1 Å². The van der Waals surface area contributed by atoms with Crippen molar-refractivity contribution in [2.45, 2.75) is 44.7 Å². The summed E-state index contributed by atoms with van der Waals surface area (Å²) in [5, 5.41) is 8.91. The number of aromatic nitrogens is 2. The third kappa shape index (κ3) is 3.50.